The smallest absolute Gasteiger partial charge is 0.257 e. The van der Waals surface area contributed by atoms with Crippen LogP contribution < -0.4 is 5.32 Å². The maximum absolute atomic E-state index is 9.56. The van der Waals surface area contributed by atoms with E-state index >= 15 is 0 Å². The summed E-state index contributed by atoms with van der Waals surface area (Å²) in [6, 6.07) is 0. The molecule has 3 heterocycles. The molecule has 0 fully saturated rings. The molecular formula is C7H4N6O2S. The van der Waals surface area contributed by atoms with Crippen molar-refractivity contribution in [3.63, 3.8) is 0 Å². The molecule has 3 aromatic heterocycles. The van der Waals surface area contributed by atoms with E-state index in [1.54, 1.807) is 11.6 Å². The fourth-order valence-electron chi connectivity index (χ4n) is 1.10. The molecule has 0 radical (unpaired) electrons. The topological polar surface area (TPSA) is 110 Å². The summed E-state index contributed by atoms with van der Waals surface area (Å²) in [5, 5.41) is 21.7. The predicted octanol–water partition coefficient (Wildman–Crippen LogP) is 0.918. The molecule has 0 saturated carbocycles. The van der Waals surface area contributed by atoms with Gasteiger partial charge in [0.2, 0.25) is 11.3 Å². The molecule has 0 atom stereocenters. The molecule has 2 N–H and O–H groups in total. The van der Waals surface area contributed by atoms with Crippen LogP contribution in [0.25, 0.3) is 11.3 Å². The van der Waals surface area contributed by atoms with E-state index in [-0.39, 0.29) is 23.0 Å². The molecule has 0 saturated heterocycles. The van der Waals surface area contributed by atoms with Gasteiger partial charge in [0.05, 0.1) is 0 Å². The van der Waals surface area contributed by atoms with Crippen LogP contribution in [-0.4, -0.2) is 30.4 Å². The molecule has 8 nitrogen and oxygen atoms in total. The molecule has 0 aromatic carbocycles. The quantitative estimate of drug-likeness (QED) is 0.675. The van der Waals surface area contributed by atoms with E-state index in [0.29, 0.717) is 5.13 Å². The van der Waals surface area contributed by atoms with Gasteiger partial charge < -0.3 is 10.4 Å². The summed E-state index contributed by atoms with van der Waals surface area (Å²) in [7, 11) is 0. The van der Waals surface area contributed by atoms with Crippen LogP contribution in [0, 0.1) is 0 Å². The van der Waals surface area contributed by atoms with Gasteiger partial charge in [-0.15, -0.1) is 11.3 Å². The van der Waals surface area contributed by atoms with Crippen molar-refractivity contribution in [2.75, 3.05) is 5.32 Å². The Kier molecular flexibility index (Phi) is 1.90. The third kappa shape index (κ3) is 1.42. The number of aromatic nitrogens is 5. The summed E-state index contributed by atoms with van der Waals surface area (Å²) >= 11 is 1.37. The van der Waals surface area contributed by atoms with Gasteiger partial charge in [-0.05, 0) is 10.3 Å². The molecule has 80 valence electrons. The highest BCUT2D eigenvalue weighted by Crippen LogP contribution is 2.24. The molecule has 0 unspecified atom stereocenters. The van der Waals surface area contributed by atoms with Crippen molar-refractivity contribution >= 4 is 33.6 Å². The Bertz CT molecular complexity index is 621. The van der Waals surface area contributed by atoms with Crippen LogP contribution >= 0.6 is 11.3 Å². The van der Waals surface area contributed by atoms with E-state index in [1.165, 1.54) is 11.3 Å². The van der Waals surface area contributed by atoms with Crippen molar-refractivity contribution in [2.45, 2.75) is 0 Å². The first kappa shape index (κ1) is 8.97. The Hall–Kier alpha value is -2.29. The zero-order valence-electron chi connectivity index (χ0n) is 7.65. The molecule has 16 heavy (non-hydrogen) atoms. The number of nitrogens with one attached hydrogen (secondary N) is 1. The average molecular weight is 236 g/mol. The van der Waals surface area contributed by atoms with E-state index < -0.39 is 0 Å². The fourth-order valence-corrected chi connectivity index (χ4v) is 1.63. The Morgan fingerprint density at radius 2 is 2.06 bits per heavy atom. The summed E-state index contributed by atoms with van der Waals surface area (Å²) in [4.78, 5) is 11.7. The number of fused-ring (bicyclic) bond motifs is 1. The Labute approximate surface area is 91.9 Å². The van der Waals surface area contributed by atoms with Crippen molar-refractivity contribution < 1.29 is 9.74 Å². The van der Waals surface area contributed by atoms with Crippen molar-refractivity contribution in [1.29, 1.82) is 0 Å². The summed E-state index contributed by atoms with van der Waals surface area (Å²) in [6.45, 7) is 0. The van der Waals surface area contributed by atoms with Crippen LogP contribution in [0.3, 0.4) is 0 Å². The number of anilines is 2. The lowest BCUT2D eigenvalue weighted by Gasteiger charge is -2.01. The Morgan fingerprint density at radius 1 is 1.25 bits per heavy atom. The van der Waals surface area contributed by atoms with Gasteiger partial charge in [0.15, 0.2) is 10.9 Å². The molecule has 3 rings (SSSR count). The van der Waals surface area contributed by atoms with Gasteiger partial charge in [-0.3, -0.25) is 0 Å². The third-order valence-corrected chi connectivity index (χ3v) is 2.44. The molecule has 0 amide bonds. The van der Waals surface area contributed by atoms with Crippen LogP contribution in [0.1, 0.15) is 0 Å². The van der Waals surface area contributed by atoms with Crippen LogP contribution in [0.5, 0.6) is 5.88 Å². The molecular weight excluding hydrogens is 232 g/mol. The van der Waals surface area contributed by atoms with Gasteiger partial charge in [0.1, 0.15) is 0 Å². The number of aromatic hydroxyl groups is 1. The van der Waals surface area contributed by atoms with Crippen LogP contribution in [0.2, 0.25) is 0 Å². The van der Waals surface area contributed by atoms with Crippen molar-refractivity contribution in [1.82, 2.24) is 25.3 Å². The largest absolute Gasteiger partial charge is 0.491 e. The minimum Gasteiger partial charge on any atom is -0.491 e. The number of hydrogen-bond acceptors (Lipinski definition) is 9. The van der Waals surface area contributed by atoms with Crippen molar-refractivity contribution in [2.24, 2.45) is 0 Å². The fraction of sp³-hybridized carbons (Fsp3) is 0. The SMILES string of the molecule is Oc1nc2nonc2nc1Nc1nccs1. The summed E-state index contributed by atoms with van der Waals surface area (Å²) in [6.07, 6.45) is 1.63. The minimum absolute atomic E-state index is 0.155. The monoisotopic (exact) mass is 236 g/mol. The molecule has 3 aromatic rings. The number of nitrogens with zero attached hydrogens (tertiary/aromatic N) is 5. The van der Waals surface area contributed by atoms with E-state index in [4.69, 9.17) is 0 Å². The zero-order valence-corrected chi connectivity index (χ0v) is 8.47. The summed E-state index contributed by atoms with van der Waals surface area (Å²) in [5.41, 5.74) is 0.374. The second kappa shape index (κ2) is 3.38. The Balaban J connectivity index is 2.05. The van der Waals surface area contributed by atoms with Gasteiger partial charge in [0, 0.05) is 11.6 Å². The van der Waals surface area contributed by atoms with Crippen LogP contribution in [0.15, 0.2) is 16.2 Å². The lowest BCUT2D eigenvalue weighted by Crippen LogP contribution is -1.95. The van der Waals surface area contributed by atoms with Gasteiger partial charge in [-0.1, -0.05) is 0 Å². The van der Waals surface area contributed by atoms with Gasteiger partial charge in [0.25, 0.3) is 5.88 Å². The maximum atomic E-state index is 9.56. The second-order valence-electron chi connectivity index (χ2n) is 2.77. The molecule has 9 heteroatoms. The molecule has 0 aliphatic heterocycles. The van der Waals surface area contributed by atoms with Crippen LogP contribution in [0.4, 0.5) is 10.9 Å². The first-order chi connectivity index (χ1) is 7.83. The highest BCUT2D eigenvalue weighted by molar-refractivity contribution is 7.13. The number of thiazole rings is 1. The van der Waals surface area contributed by atoms with E-state index in [1.807, 2.05) is 0 Å². The highest BCUT2D eigenvalue weighted by Gasteiger charge is 2.12. The standard InChI is InChI=1S/C7H4N6O2S/c14-6-5(11-7-8-1-2-16-7)9-3-4(10-6)13-15-12-3/h1-2H,(H,10,13,14)(H,8,9,11,12). The minimum atomic E-state index is -0.279. The Morgan fingerprint density at radius 3 is 2.81 bits per heavy atom. The molecule has 0 aliphatic rings. The van der Waals surface area contributed by atoms with E-state index in [2.05, 4.69) is 35.2 Å². The lowest BCUT2D eigenvalue weighted by atomic mass is 10.6. The average Bonchev–Trinajstić information content (AvgIpc) is 2.89. The van der Waals surface area contributed by atoms with E-state index in [0.717, 1.165) is 0 Å². The van der Waals surface area contributed by atoms with E-state index in [9.17, 15) is 5.11 Å². The maximum Gasteiger partial charge on any atom is 0.257 e. The first-order valence-corrected chi connectivity index (χ1v) is 5.07. The van der Waals surface area contributed by atoms with Crippen molar-refractivity contribution in [3.05, 3.63) is 11.6 Å². The molecule has 0 bridgehead atoms. The van der Waals surface area contributed by atoms with Crippen LogP contribution in [-0.2, 0) is 0 Å². The van der Waals surface area contributed by atoms with Gasteiger partial charge in [-0.25, -0.2) is 9.61 Å². The van der Waals surface area contributed by atoms with Gasteiger partial charge >= 0.3 is 0 Å². The molecule has 0 spiro atoms. The molecule has 0 aliphatic carbocycles. The zero-order chi connectivity index (χ0) is 11.0. The summed E-state index contributed by atoms with van der Waals surface area (Å²) < 4.78 is 4.43. The van der Waals surface area contributed by atoms with Gasteiger partial charge in [-0.2, -0.15) is 9.97 Å². The predicted molar refractivity (Wildman–Crippen MR) is 54.5 cm³/mol. The second-order valence-corrected chi connectivity index (χ2v) is 3.66. The third-order valence-electron chi connectivity index (χ3n) is 1.75. The lowest BCUT2D eigenvalue weighted by molar-refractivity contribution is 0.314. The number of hydrogen-bond donors (Lipinski definition) is 2. The normalized spacial score (nSPS) is 10.8. The first-order valence-electron chi connectivity index (χ1n) is 4.19. The highest BCUT2D eigenvalue weighted by atomic mass is 32.1. The number of rotatable bonds is 2. The summed E-state index contributed by atoms with van der Waals surface area (Å²) in [5.74, 6) is -0.114. The van der Waals surface area contributed by atoms with Crippen molar-refractivity contribution in [3.8, 4) is 5.88 Å².